The van der Waals surface area contributed by atoms with Crippen LogP contribution in [0.4, 0.5) is 0 Å². The number of carbonyl (C=O) groups is 1. The maximum Gasteiger partial charge on any atom is 0.224 e. The van der Waals surface area contributed by atoms with Crippen LogP contribution in [0.2, 0.25) is 0 Å². The fraction of sp³-hybridized carbons (Fsp3) is 0.533. The highest BCUT2D eigenvalue weighted by atomic mass is 16.1. The maximum atomic E-state index is 11.8. The number of hydrogen-bond donors (Lipinski definition) is 2. The van der Waals surface area contributed by atoms with Crippen LogP contribution in [0.15, 0.2) is 24.3 Å². The molecule has 1 saturated carbocycles. The third kappa shape index (κ3) is 2.56. The molecule has 18 heavy (non-hydrogen) atoms. The average molecular weight is 246 g/mol. The summed E-state index contributed by atoms with van der Waals surface area (Å²) in [4.78, 5) is 11.8. The van der Waals surface area contributed by atoms with Crippen molar-refractivity contribution in [3.05, 3.63) is 35.4 Å². The first kappa shape index (κ1) is 13.1. The Morgan fingerprint density at radius 2 is 2.11 bits per heavy atom. The van der Waals surface area contributed by atoms with Crippen molar-refractivity contribution in [1.29, 1.82) is 0 Å². The fourth-order valence-electron chi connectivity index (χ4n) is 2.40. The van der Waals surface area contributed by atoms with E-state index in [4.69, 9.17) is 5.73 Å². The van der Waals surface area contributed by atoms with Crippen molar-refractivity contribution in [2.24, 2.45) is 11.7 Å². The number of aryl methyl sites for hydroxylation is 1. The van der Waals surface area contributed by atoms with E-state index in [0.29, 0.717) is 6.54 Å². The standard InChI is InChI=1S/C15H22N2O/c1-11-5-3-4-6-13(11)15(7-8-15)10-17-14(18)12(2)9-16/h3-6,12H,7-10,16H2,1-2H3,(H,17,18). The molecule has 1 aromatic carbocycles. The minimum absolute atomic E-state index is 0.0670. The first-order valence-corrected chi connectivity index (χ1v) is 6.63. The second-order valence-corrected chi connectivity index (χ2v) is 5.45. The highest BCUT2D eigenvalue weighted by molar-refractivity contribution is 5.78. The Kier molecular flexibility index (Phi) is 3.71. The number of carbonyl (C=O) groups excluding carboxylic acids is 1. The number of rotatable bonds is 5. The number of benzene rings is 1. The quantitative estimate of drug-likeness (QED) is 0.831. The van der Waals surface area contributed by atoms with Crippen LogP contribution in [0.3, 0.4) is 0 Å². The van der Waals surface area contributed by atoms with Gasteiger partial charge in [-0.15, -0.1) is 0 Å². The Balaban J connectivity index is 2.01. The second-order valence-electron chi connectivity index (χ2n) is 5.45. The molecule has 0 radical (unpaired) electrons. The summed E-state index contributed by atoms with van der Waals surface area (Å²) in [6.45, 7) is 5.15. The van der Waals surface area contributed by atoms with Gasteiger partial charge in [0.1, 0.15) is 0 Å². The summed E-state index contributed by atoms with van der Waals surface area (Å²) in [6.07, 6.45) is 2.32. The predicted octanol–water partition coefficient (Wildman–Crippen LogP) is 1.74. The molecule has 0 aromatic heterocycles. The van der Waals surface area contributed by atoms with E-state index in [9.17, 15) is 4.79 Å². The summed E-state index contributed by atoms with van der Waals surface area (Å²) in [7, 11) is 0. The van der Waals surface area contributed by atoms with Gasteiger partial charge < -0.3 is 11.1 Å². The lowest BCUT2D eigenvalue weighted by Crippen LogP contribution is -2.38. The van der Waals surface area contributed by atoms with E-state index in [2.05, 4.69) is 36.5 Å². The molecule has 0 spiro atoms. The Morgan fingerprint density at radius 3 is 2.67 bits per heavy atom. The van der Waals surface area contributed by atoms with E-state index >= 15 is 0 Å². The lowest BCUT2D eigenvalue weighted by atomic mass is 9.91. The summed E-state index contributed by atoms with van der Waals surface area (Å²) in [5.41, 5.74) is 8.37. The molecule has 0 aliphatic heterocycles. The van der Waals surface area contributed by atoms with Crippen molar-refractivity contribution in [2.75, 3.05) is 13.1 Å². The molecule has 3 heteroatoms. The van der Waals surface area contributed by atoms with E-state index < -0.39 is 0 Å². The van der Waals surface area contributed by atoms with Gasteiger partial charge in [-0.3, -0.25) is 4.79 Å². The molecule has 0 heterocycles. The summed E-state index contributed by atoms with van der Waals surface area (Å²) in [5.74, 6) is -0.0324. The van der Waals surface area contributed by atoms with Crippen molar-refractivity contribution >= 4 is 5.91 Å². The van der Waals surface area contributed by atoms with Crippen LogP contribution < -0.4 is 11.1 Å². The molecule has 0 bridgehead atoms. The fourth-order valence-corrected chi connectivity index (χ4v) is 2.40. The molecule has 1 aromatic rings. The van der Waals surface area contributed by atoms with Gasteiger partial charge >= 0.3 is 0 Å². The number of nitrogens with one attached hydrogen (secondary N) is 1. The Bertz CT molecular complexity index is 438. The topological polar surface area (TPSA) is 55.1 Å². The molecule has 98 valence electrons. The zero-order valence-corrected chi connectivity index (χ0v) is 11.2. The van der Waals surface area contributed by atoms with Gasteiger partial charge in [0.25, 0.3) is 0 Å². The number of hydrogen-bond acceptors (Lipinski definition) is 2. The Hall–Kier alpha value is -1.35. The molecule has 1 fully saturated rings. The van der Waals surface area contributed by atoms with Crippen LogP contribution in [0.1, 0.15) is 30.9 Å². The van der Waals surface area contributed by atoms with Crippen molar-refractivity contribution in [1.82, 2.24) is 5.32 Å². The van der Waals surface area contributed by atoms with Crippen LogP contribution in [-0.4, -0.2) is 19.0 Å². The normalized spacial score (nSPS) is 18.2. The first-order valence-electron chi connectivity index (χ1n) is 6.63. The van der Waals surface area contributed by atoms with Gasteiger partial charge in [0.15, 0.2) is 0 Å². The van der Waals surface area contributed by atoms with Gasteiger partial charge in [-0.2, -0.15) is 0 Å². The van der Waals surface area contributed by atoms with Crippen LogP contribution in [0, 0.1) is 12.8 Å². The third-order valence-corrected chi connectivity index (χ3v) is 3.97. The van der Waals surface area contributed by atoms with Crippen molar-refractivity contribution in [3.63, 3.8) is 0 Å². The molecule has 1 aliphatic rings. The highest BCUT2D eigenvalue weighted by Crippen LogP contribution is 2.48. The minimum Gasteiger partial charge on any atom is -0.355 e. The molecule has 3 N–H and O–H groups in total. The van der Waals surface area contributed by atoms with Gasteiger partial charge in [0.2, 0.25) is 5.91 Å². The summed E-state index contributed by atoms with van der Waals surface area (Å²) in [6, 6.07) is 8.46. The predicted molar refractivity (Wildman–Crippen MR) is 73.3 cm³/mol. The third-order valence-electron chi connectivity index (χ3n) is 3.97. The molecule has 3 nitrogen and oxygen atoms in total. The van der Waals surface area contributed by atoms with Crippen molar-refractivity contribution in [2.45, 2.75) is 32.1 Å². The molecule has 1 amide bonds. The summed E-state index contributed by atoms with van der Waals surface area (Å²) in [5, 5.41) is 3.04. The van der Waals surface area contributed by atoms with Gasteiger partial charge in [0, 0.05) is 24.4 Å². The molecule has 1 unspecified atom stereocenters. The van der Waals surface area contributed by atoms with E-state index in [0.717, 1.165) is 19.4 Å². The lowest BCUT2D eigenvalue weighted by Gasteiger charge is -2.20. The van der Waals surface area contributed by atoms with Gasteiger partial charge in [-0.25, -0.2) is 0 Å². The van der Waals surface area contributed by atoms with Crippen LogP contribution in [0.25, 0.3) is 0 Å². The number of amides is 1. The van der Waals surface area contributed by atoms with Gasteiger partial charge in [-0.05, 0) is 30.9 Å². The average Bonchev–Trinajstić information content (AvgIpc) is 3.16. The Labute approximate surface area is 109 Å². The zero-order chi connectivity index (χ0) is 13.2. The lowest BCUT2D eigenvalue weighted by molar-refractivity contribution is -0.124. The smallest absolute Gasteiger partial charge is 0.224 e. The monoisotopic (exact) mass is 246 g/mol. The van der Waals surface area contributed by atoms with E-state index in [1.165, 1.54) is 11.1 Å². The van der Waals surface area contributed by atoms with E-state index in [1.54, 1.807) is 0 Å². The van der Waals surface area contributed by atoms with Gasteiger partial charge in [0.05, 0.1) is 0 Å². The maximum absolute atomic E-state index is 11.8. The van der Waals surface area contributed by atoms with Crippen LogP contribution >= 0.6 is 0 Å². The second kappa shape index (κ2) is 5.11. The number of nitrogens with two attached hydrogens (primary N) is 1. The Morgan fingerprint density at radius 1 is 1.44 bits per heavy atom. The highest BCUT2D eigenvalue weighted by Gasteiger charge is 2.45. The van der Waals surface area contributed by atoms with E-state index in [1.807, 2.05) is 6.92 Å². The van der Waals surface area contributed by atoms with Crippen molar-refractivity contribution in [3.8, 4) is 0 Å². The minimum atomic E-state index is -0.0994. The van der Waals surface area contributed by atoms with Crippen LogP contribution in [0.5, 0.6) is 0 Å². The van der Waals surface area contributed by atoms with Gasteiger partial charge in [-0.1, -0.05) is 31.2 Å². The molecular formula is C15H22N2O. The molecule has 1 aliphatic carbocycles. The first-order chi connectivity index (χ1) is 8.59. The molecule has 2 rings (SSSR count). The molecule has 1 atom stereocenters. The SMILES string of the molecule is Cc1ccccc1C1(CNC(=O)C(C)CN)CC1. The van der Waals surface area contributed by atoms with Crippen molar-refractivity contribution < 1.29 is 4.79 Å². The molecule has 0 saturated heterocycles. The largest absolute Gasteiger partial charge is 0.355 e. The zero-order valence-electron chi connectivity index (χ0n) is 11.2. The molecular weight excluding hydrogens is 224 g/mol. The van der Waals surface area contributed by atoms with E-state index in [-0.39, 0.29) is 17.2 Å². The summed E-state index contributed by atoms with van der Waals surface area (Å²) < 4.78 is 0. The summed E-state index contributed by atoms with van der Waals surface area (Å²) >= 11 is 0. The van der Waals surface area contributed by atoms with Crippen LogP contribution in [-0.2, 0) is 10.2 Å².